The molecular weight excluding hydrogens is 398 g/mol. The van der Waals surface area contributed by atoms with Gasteiger partial charge in [-0.25, -0.2) is 0 Å². The summed E-state index contributed by atoms with van der Waals surface area (Å²) in [6.45, 7) is 1.40. The molecule has 2 aromatic heterocycles. The number of aromatic nitrogens is 2. The van der Waals surface area contributed by atoms with E-state index in [1.165, 1.54) is 4.88 Å². The summed E-state index contributed by atoms with van der Waals surface area (Å²) in [5.74, 6) is -0.207. The highest BCUT2D eigenvalue weighted by Crippen LogP contribution is 2.24. The van der Waals surface area contributed by atoms with Crippen LogP contribution in [-0.4, -0.2) is 39.6 Å². The summed E-state index contributed by atoms with van der Waals surface area (Å²) in [5, 5.41) is 18.5. The highest BCUT2D eigenvalue weighted by Gasteiger charge is 2.30. The summed E-state index contributed by atoms with van der Waals surface area (Å²) in [4.78, 5) is 28.5. The summed E-state index contributed by atoms with van der Waals surface area (Å²) in [6.07, 6.45) is 2.75. The summed E-state index contributed by atoms with van der Waals surface area (Å²) in [5.41, 5.74) is 1.81. The van der Waals surface area contributed by atoms with Crippen LogP contribution in [0, 0.1) is 11.3 Å². The second-order valence-corrected chi connectivity index (χ2v) is 8.21. The second kappa shape index (κ2) is 8.93. The fourth-order valence-corrected chi connectivity index (χ4v) is 4.37. The Morgan fingerprint density at radius 3 is 2.97 bits per heavy atom. The maximum absolute atomic E-state index is 13.0. The van der Waals surface area contributed by atoms with Crippen molar-refractivity contribution in [3.8, 4) is 6.07 Å². The van der Waals surface area contributed by atoms with Gasteiger partial charge in [0.2, 0.25) is 5.91 Å². The Morgan fingerprint density at radius 1 is 1.27 bits per heavy atom. The Balaban J connectivity index is 1.42. The fourth-order valence-electron chi connectivity index (χ4n) is 3.66. The van der Waals surface area contributed by atoms with Gasteiger partial charge in [0.25, 0.3) is 5.91 Å². The van der Waals surface area contributed by atoms with E-state index in [1.807, 2.05) is 22.2 Å². The van der Waals surface area contributed by atoms with E-state index in [-0.39, 0.29) is 24.3 Å². The molecule has 1 N–H and O–H groups in total. The number of hydrogen-bond acceptors (Lipinski definition) is 5. The first kappa shape index (κ1) is 19.9. The fraction of sp³-hybridized carbons (Fsp3) is 0.273. The molecule has 152 valence electrons. The third-order valence-corrected chi connectivity index (χ3v) is 6.04. The zero-order chi connectivity index (χ0) is 20.9. The zero-order valence-corrected chi connectivity index (χ0v) is 17.1. The largest absolute Gasteiger partial charge is 0.356 e. The number of nitrogens with zero attached hydrogens (tertiary/aromatic N) is 4. The van der Waals surface area contributed by atoms with Gasteiger partial charge in [-0.15, -0.1) is 11.3 Å². The number of hydrogen-bond donors (Lipinski definition) is 1. The topological polar surface area (TPSA) is 91.0 Å². The lowest BCUT2D eigenvalue weighted by molar-refractivity contribution is -0.122. The molecule has 30 heavy (non-hydrogen) atoms. The standard InChI is InChI=1S/C22H21N5O2S/c23-13-16-3-1-4-17(11-16)22(29)26-14-18-6-9-25-27(18)19(15-26)12-21(28)24-8-7-20-5-2-10-30-20/h1-6,9-11,19H,7-8,12,14-15H2,(H,24,28)/t19-/m1/s1. The Morgan fingerprint density at radius 2 is 2.17 bits per heavy atom. The molecule has 4 rings (SSSR count). The van der Waals surface area contributed by atoms with Gasteiger partial charge in [-0.2, -0.15) is 10.4 Å². The molecule has 0 aliphatic carbocycles. The molecule has 3 heterocycles. The molecular formula is C22H21N5O2S. The SMILES string of the molecule is N#Cc1cccc(C(=O)N2Cc3ccnn3[C@H](CC(=O)NCCc3cccs3)C2)c1. The number of rotatable bonds is 6. The Bertz CT molecular complexity index is 1080. The lowest BCUT2D eigenvalue weighted by Gasteiger charge is -2.33. The number of fused-ring (bicyclic) bond motifs is 1. The first-order valence-corrected chi connectivity index (χ1v) is 10.6. The van der Waals surface area contributed by atoms with Crippen LogP contribution in [0.1, 0.15) is 39.0 Å². The average Bonchev–Trinajstić information content (AvgIpc) is 3.45. The lowest BCUT2D eigenvalue weighted by atomic mass is 10.1. The molecule has 2 amide bonds. The van der Waals surface area contributed by atoms with Gasteiger partial charge in [-0.1, -0.05) is 12.1 Å². The molecule has 0 radical (unpaired) electrons. The van der Waals surface area contributed by atoms with Crippen molar-refractivity contribution < 1.29 is 9.59 Å². The van der Waals surface area contributed by atoms with Crippen LogP contribution >= 0.6 is 11.3 Å². The van der Waals surface area contributed by atoms with Crippen molar-refractivity contribution in [1.29, 1.82) is 5.26 Å². The van der Waals surface area contributed by atoms with Crippen molar-refractivity contribution >= 4 is 23.2 Å². The van der Waals surface area contributed by atoms with Crippen LogP contribution in [0.15, 0.2) is 54.0 Å². The number of carbonyl (C=O) groups is 2. The van der Waals surface area contributed by atoms with E-state index < -0.39 is 0 Å². The average molecular weight is 420 g/mol. The Labute approximate surface area is 178 Å². The molecule has 0 fully saturated rings. The number of benzene rings is 1. The van der Waals surface area contributed by atoms with Crippen LogP contribution in [0.25, 0.3) is 0 Å². The first-order valence-electron chi connectivity index (χ1n) is 9.75. The van der Waals surface area contributed by atoms with Crippen molar-refractivity contribution in [2.45, 2.75) is 25.4 Å². The minimum atomic E-state index is -0.228. The quantitative estimate of drug-likeness (QED) is 0.665. The highest BCUT2D eigenvalue weighted by atomic mass is 32.1. The monoisotopic (exact) mass is 419 g/mol. The molecule has 7 nitrogen and oxygen atoms in total. The van der Waals surface area contributed by atoms with Gasteiger partial charge in [0.15, 0.2) is 0 Å². The van der Waals surface area contributed by atoms with Crippen molar-refractivity contribution in [1.82, 2.24) is 20.0 Å². The molecule has 8 heteroatoms. The van der Waals surface area contributed by atoms with E-state index in [0.717, 1.165) is 12.1 Å². The van der Waals surface area contributed by atoms with Gasteiger partial charge in [0, 0.05) is 29.7 Å². The van der Waals surface area contributed by atoms with Crippen LogP contribution in [0.5, 0.6) is 0 Å². The lowest BCUT2D eigenvalue weighted by Crippen LogP contribution is -2.43. The number of thiophene rings is 1. The van der Waals surface area contributed by atoms with E-state index in [2.05, 4.69) is 22.6 Å². The van der Waals surface area contributed by atoms with E-state index in [0.29, 0.717) is 30.8 Å². The maximum Gasteiger partial charge on any atom is 0.254 e. The minimum absolute atomic E-state index is 0.0567. The summed E-state index contributed by atoms with van der Waals surface area (Å²) < 4.78 is 1.84. The molecule has 1 aliphatic heterocycles. The van der Waals surface area contributed by atoms with E-state index in [1.54, 1.807) is 46.7 Å². The zero-order valence-electron chi connectivity index (χ0n) is 16.3. The smallest absolute Gasteiger partial charge is 0.254 e. The van der Waals surface area contributed by atoms with E-state index in [4.69, 9.17) is 5.26 Å². The van der Waals surface area contributed by atoms with Crippen molar-refractivity contribution in [3.05, 3.63) is 75.7 Å². The second-order valence-electron chi connectivity index (χ2n) is 7.18. The van der Waals surface area contributed by atoms with Crippen LogP contribution in [0.3, 0.4) is 0 Å². The molecule has 1 aromatic carbocycles. The normalized spacial score (nSPS) is 15.3. The van der Waals surface area contributed by atoms with Gasteiger partial charge < -0.3 is 10.2 Å². The predicted molar refractivity (Wildman–Crippen MR) is 113 cm³/mol. The first-order chi connectivity index (χ1) is 14.6. The number of nitrogens with one attached hydrogen (secondary N) is 1. The van der Waals surface area contributed by atoms with Gasteiger partial charge in [-0.05, 0) is 42.1 Å². The summed E-state index contributed by atoms with van der Waals surface area (Å²) in [6, 6.07) is 14.4. The molecule has 1 aliphatic rings. The molecule has 3 aromatic rings. The summed E-state index contributed by atoms with van der Waals surface area (Å²) in [7, 11) is 0. The molecule has 0 spiro atoms. The van der Waals surface area contributed by atoms with E-state index in [9.17, 15) is 9.59 Å². The van der Waals surface area contributed by atoms with Gasteiger partial charge in [-0.3, -0.25) is 14.3 Å². The van der Waals surface area contributed by atoms with E-state index >= 15 is 0 Å². The van der Waals surface area contributed by atoms with Gasteiger partial charge in [0.1, 0.15) is 0 Å². The minimum Gasteiger partial charge on any atom is -0.356 e. The van der Waals surface area contributed by atoms with Crippen molar-refractivity contribution in [3.63, 3.8) is 0 Å². The molecule has 0 unspecified atom stereocenters. The Hall–Kier alpha value is -3.44. The number of amides is 2. The summed E-state index contributed by atoms with van der Waals surface area (Å²) >= 11 is 1.68. The predicted octanol–water partition coefficient (Wildman–Crippen LogP) is 2.76. The molecule has 0 saturated heterocycles. The van der Waals surface area contributed by atoms with Crippen molar-refractivity contribution in [2.24, 2.45) is 0 Å². The highest BCUT2D eigenvalue weighted by molar-refractivity contribution is 7.09. The molecule has 1 atom stereocenters. The molecule has 0 bridgehead atoms. The third kappa shape index (κ3) is 4.42. The van der Waals surface area contributed by atoms with Crippen molar-refractivity contribution in [2.75, 3.05) is 13.1 Å². The van der Waals surface area contributed by atoms with Crippen LogP contribution < -0.4 is 5.32 Å². The van der Waals surface area contributed by atoms with Crippen LogP contribution in [-0.2, 0) is 17.8 Å². The Kier molecular flexibility index (Phi) is 5.91. The van der Waals surface area contributed by atoms with Crippen LogP contribution in [0.4, 0.5) is 0 Å². The van der Waals surface area contributed by atoms with Gasteiger partial charge in [0.05, 0.1) is 36.3 Å². The maximum atomic E-state index is 13.0. The number of nitriles is 1. The third-order valence-electron chi connectivity index (χ3n) is 5.10. The van der Waals surface area contributed by atoms with Gasteiger partial charge >= 0.3 is 0 Å². The number of carbonyl (C=O) groups excluding carboxylic acids is 2. The molecule has 0 saturated carbocycles. The van der Waals surface area contributed by atoms with Crippen LogP contribution in [0.2, 0.25) is 0 Å².